The molecule has 1 aromatic carbocycles. The average molecular weight is 291 g/mol. The van der Waals surface area contributed by atoms with Crippen LogP contribution in [0.1, 0.15) is 12.0 Å². The minimum atomic E-state index is -0.888. The van der Waals surface area contributed by atoms with Gasteiger partial charge in [-0.3, -0.25) is 9.59 Å². The molecule has 0 unspecified atom stereocenters. The highest BCUT2D eigenvalue weighted by Crippen LogP contribution is 2.40. The number of hydrogen-bond acceptors (Lipinski definition) is 4. The third-order valence-electron chi connectivity index (χ3n) is 3.83. The van der Waals surface area contributed by atoms with Crippen molar-refractivity contribution in [2.45, 2.75) is 13.0 Å². The van der Waals surface area contributed by atoms with Gasteiger partial charge in [-0.25, -0.2) is 0 Å². The quantitative estimate of drug-likeness (QED) is 0.900. The van der Waals surface area contributed by atoms with Gasteiger partial charge in [-0.1, -0.05) is 6.07 Å². The molecule has 2 aliphatic rings. The molecule has 1 aromatic rings. The molecular formula is C15H17NO5. The van der Waals surface area contributed by atoms with E-state index in [1.807, 2.05) is 18.2 Å². The van der Waals surface area contributed by atoms with Crippen LogP contribution in [0.5, 0.6) is 11.5 Å². The molecule has 1 fully saturated rings. The third-order valence-corrected chi connectivity index (χ3v) is 3.83. The number of benzene rings is 1. The zero-order chi connectivity index (χ0) is 15.0. The Morgan fingerprint density at radius 2 is 1.95 bits per heavy atom. The van der Waals surface area contributed by atoms with E-state index in [1.54, 1.807) is 11.9 Å². The van der Waals surface area contributed by atoms with Crippen LogP contribution in [0.25, 0.3) is 0 Å². The minimum Gasteiger partial charge on any atom is -0.486 e. The van der Waals surface area contributed by atoms with E-state index in [0.717, 1.165) is 5.56 Å². The van der Waals surface area contributed by atoms with E-state index in [2.05, 4.69) is 0 Å². The van der Waals surface area contributed by atoms with Gasteiger partial charge in [-0.15, -0.1) is 0 Å². The molecule has 1 heterocycles. The molecule has 0 spiro atoms. The van der Waals surface area contributed by atoms with Crippen molar-refractivity contribution in [2.75, 3.05) is 20.3 Å². The highest BCUT2D eigenvalue weighted by Gasteiger charge is 2.49. The van der Waals surface area contributed by atoms with Crippen molar-refractivity contribution in [3.63, 3.8) is 0 Å². The molecular weight excluding hydrogens is 274 g/mol. The summed E-state index contributed by atoms with van der Waals surface area (Å²) >= 11 is 0. The lowest BCUT2D eigenvalue weighted by Crippen LogP contribution is -2.29. The second-order valence-corrected chi connectivity index (χ2v) is 5.46. The smallest absolute Gasteiger partial charge is 0.307 e. The fourth-order valence-corrected chi connectivity index (χ4v) is 2.56. The van der Waals surface area contributed by atoms with Gasteiger partial charge >= 0.3 is 5.97 Å². The molecule has 0 bridgehead atoms. The molecule has 6 nitrogen and oxygen atoms in total. The molecule has 1 aliphatic carbocycles. The highest BCUT2D eigenvalue weighted by molar-refractivity contribution is 5.89. The van der Waals surface area contributed by atoms with Crippen LogP contribution < -0.4 is 9.47 Å². The van der Waals surface area contributed by atoms with Crippen LogP contribution in [-0.4, -0.2) is 42.1 Å². The van der Waals surface area contributed by atoms with Crippen molar-refractivity contribution in [3.8, 4) is 11.5 Å². The number of carboxylic acid groups (broad SMARTS) is 1. The summed E-state index contributed by atoms with van der Waals surface area (Å²) in [6.07, 6.45) is 0.444. The van der Waals surface area contributed by atoms with Crippen molar-refractivity contribution < 1.29 is 24.2 Å². The fourth-order valence-electron chi connectivity index (χ4n) is 2.56. The summed E-state index contributed by atoms with van der Waals surface area (Å²) in [5.41, 5.74) is 0.933. The topological polar surface area (TPSA) is 76.1 Å². The highest BCUT2D eigenvalue weighted by atomic mass is 16.6. The van der Waals surface area contributed by atoms with Crippen LogP contribution in [0.4, 0.5) is 0 Å². The SMILES string of the molecule is CN(Cc1ccc2c(c1)OCCO2)C(=O)[C@@H]1C[C@@H]1C(=O)O. The van der Waals surface area contributed by atoms with Crippen molar-refractivity contribution in [3.05, 3.63) is 23.8 Å². The number of amides is 1. The lowest BCUT2D eigenvalue weighted by Gasteiger charge is -2.21. The molecule has 6 heteroatoms. The number of ether oxygens (including phenoxy) is 2. The number of aliphatic carboxylic acids is 1. The second kappa shape index (κ2) is 5.27. The van der Waals surface area contributed by atoms with E-state index in [4.69, 9.17) is 14.6 Å². The zero-order valence-electron chi connectivity index (χ0n) is 11.7. The van der Waals surface area contributed by atoms with E-state index in [1.165, 1.54) is 0 Å². The van der Waals surface area contributed by atoms with Crippen molar-refractivity contribution in [2.24, 2.45) is 11.8 Å². The van der Waals surface area contributed by atoms with Crippen molar-refractivity contribution in [1.29, 1.82) is 0 Å². The maximum Gasteiger partial charge on any atom is 0.307 e. The van der Waals surface area contributed by atoms with Gasteiger partial charge in [0.1, 0.15) is 13.2 Å². The summed E-state index contributed by atoms with van der Waals surface area (Å²) in [5, 5.41) is 8.88. The number of rotatable bonds is 4. The van der Waals surface area contributed by atoms with Crippen molar-refractivity contribution in [1.82, 2.24) is 4.90 Å². The maximum atomic E-state index is 12.1. The number of hydrogen-bond donors (Lipinski definition) is 1. The van der Waals surface area contributed by atoms with Crippen LogP contribution in [0.15, 0.2) is 18.2 Å². The lowest BCUT2D eigenvalue weighted by molar-refractivity contribution is -0.141. The Morgan fingerprint density at radius 1 is 1.24 bits per heavy atom. The van der Waals surface area contributed by atoms with Gasteiger partial charge < -0.3 is 19.5 Å². The third kappa shape index (κ3) is 2.79. The number of nitrogens with zero attached hydrogens (tertiary/aromatic N) is 1. The van der Waals surface area contributed by atoms with Gasteiger partial charge in [-0.2, -0.15) is 0 Å². The minimum absolute atomic E-state index is 0.114. The van der Waals surface area contributed by atoms with Gasteiger partial charge in [0.2, 0.25) is 5.91 Å². The van der Waals surface area contributed by atoms with E-state index < -0.39 is 11.9 Å². The molecule has 0 radical (unpaired) electrons. The Balaban J connectivity index is 1.63. The standard InChI is InChI=1S/C15H17NO5/c1-16(14(17)10-7-11(10)15(18)19)8-9-2-3-12-13(6-9)21-5-4-20-12/h2-3,6,10-11H,4-5,7-8H2,1H3,(H,18,19)/t10-,11+/m1/s1. The lowest BCUT2D eigenvalue weighted by atomic mass is 10.1. The van der Waals surface area contributed by atoms with Gasteiger partial charge in [0.25, 0.3) is 0 Å². The average Bonchev–Trinajstić information content (AvgIpc) is 3.27. The van der Waals surface area contributed by atoms with Gasteiger partial charge in [0.15, 0.2) is 11.5 Å². The Labute approximate surface area is 122 Å². The van der Waals surface area contributed by atoms with Gasteiger partial charge in [0, 0.05) is 13.6 Å². The Hall–Kier alpha value is -2.24. The monoisotopic (exact) mass is 291 g/mol. The first-order valence-corrected chi connectivity index (χ1v) is 6.92. The van der Waals surface area contributed by atoms with Crippen LogP contribution in [0, 0.1) is 11.8 Å². The summed E-state index contributed by atoms with van der Waals surface area (Å²) < 4.78 is 11.0. The first-order valence-electron chi connectivity index (χ1n) is 6.92. The number of carbonyl (C=O) groups excluding carboxylic acids is 1. The van der Waals surface area contributed by atoms with E-state index in [9.17, 15) is 9.59 Å². The van der Waals surface area contributed by atoms with Crippen LogP contribution in [0.3, 0.4) is 0 Å². The van der Waals surface area contributed by atoms with Crippen LogP contribution >= 0.6 is 0 Å². The molecule has 112 valence electrons. The first-order chi connectivity index (χ1) is 10.1. The molecule has 1 amide bonds. The predicted molar refractivity (Wildman–Crippen MR) is 73.1 cm³/mol. The molecule has 0 saturated heterocycles. The molecule has 2 atom stereocenters. The Morgan fingerprint density at radius 3 is 2.62 bits per heavy atom. The second-order valence-electron chi connectivity index (χ2n) is 5.46. The fraction of sp³-hybridized carbons (Fsp3) is 0.467. The molecule has 1 N–H and O–H groups in total. The number of carboxylic acids is 1. The summed E-state index contributed by atoms with van der Waals surface area (Å²) in [6, 6.07) is 5.58. The Bertz CT molecular complexity index is 585. The van der Waals surface area contributed by atoms with Crippen LogP contribution in [-0.2, 0) is 16.1 Å². The molecule has 0 aromatic heterocycles. The molecule has 21 heavy (non-hydrogen) atoms. The van der Waals surface area contributed by atoms with Crippen LogP contribution in [0.2, 0.25) is 0 Å². The summed E-state index contributed by atoms with van der Waals surface area (Å²) in [5.74, 6) is -0.482. The largest absolute Gasteiger partial charge is 0.486 e. The summed E-state index contributed by atoms with van der Waals surface area (Å²) in [7, 11) is 1.69. The summed E-state index contributed by atoms with van der Waals surface area (Å²) in [6.45, 7) is 1.49. The molecule has 1 saturated carbocycles. The van der Waals surface area contributed by atoms with Gasteiger partial charge in [-0.05, 0) is 24.1 Å². The van der Waals surface area contributed by atoms with Gasteiger partial charge in [0.05, 0.1) is 11.8 Å². The summed E-state index contributed by atoms with van der Waals surface area (Å²) in [4.78, 5) is 24.5. The van der Waals surface area contributed by atoms with E-state index in [0.29, 0.717) is 37.7 Å². The normalized spacial score (nSPS) is 22.5. The number of fused-ring (bicyclic) bond motifs is 1. The maximum absolute atomic E-state index is 12.1. The molecule has 1 aliphatic heterocycles. The number of carbonyl (C=O) groups is 2. The van der Waals surface area contributed by atoms with E-state index >= 15 is 0 Å². The Kier molecular flexibility index (Phi) is 3.45. The van der Waals surface area contributed by atoms with Crippen molar-refractivity contribution >= 4 is 11.9 Å². The van der Waals surface area contributed by atoms with E-state index in [-0.39, 0.29) is 11.8 Å². The first kappa shape index (κ1) is 13.7. The predicted octanol–water partition coefficient (Wildman–Crippen LogP) is 1.14. The molecule has 3 rings (SSSR count). The zero-order valence-corrected chi connectivity index (χ0v) is 11.7.